The molecule has 2 nitrogen and oxygen atoms in total. The van der Waals surface area contributed by atoms with Crippen molar-refractivity contribution in [2.75, 3.05) is 0 Å². The number of aryl methyl sites for hydroxylation is 4. The molecular formula is C35H42O2P2. The van der Waals surface area contributed by atoms with E-state index in [1.165, 1.54) is 44.0 Å². The highest BCUT2D eigenvalue weighted by Gasteiger charge is 2.29. The predicted octanol–water partition coefficient (Wildman–Crippen LogP) is 9.22. The number of hydrogen-bond acceptors (Lipinski definition) is 2. The van der Waals surface area contributed by atoms with Gasteiger partial charge in [0.05, 0.1) is 0 Å². The first kappa shape index (κ1) is 29.3. The average Bonchev–Trinajstić information content (AvgIpc) is 2.92. The second-order valence-corrected chi connectivity index (χ2v) is 13.9. The summed E-state index contributed by atoms with van der Waals surface area (Å²) in [6.45, 7) is 15.1. The van der Waals surface area contributed by atoms with Crippen molar-refractivity contribution >= 4 is 27.8 Å². The van der Waals surface area contributed by atoms with Crippen LogP contribution in [0.3, 0.4) is 0 Å². The topological polar surface area (TPSA) is 18.5 Å². The Hall–Kier alpha value is -2.66. The van der Waals surface area contributed by atoms with Gasteiger partial charge in [0.1, 0.15) is 22.7 Å². The molecule has 4 aromatic rings. The Morgan fingerprint density at radius 3 is 1.62 bits per heavy atom. The predicted molar refractivity (Wildman–Crippen MR) is 174 cm³/mol. The SMILES string of the molecule is CCC(CC)(Oc1ccc(C)cc1C)Pc1ccc(-c2ccc(PC(C)Oc3ccc(C)cc3C)cc2)cc1. The Kier molecular flexibility index (Phi) is 9.87. The van der Waals surface area contributed by atoms with Crippen molar-refractivity contribution in [1.82, 2.24) is 0 Å². The summed E-state index contributed by atoms with van der Waals surface area (Å²) < 4.78 is 12.9. The van der Waals surface area contributed by atoms with Crippen LogP contribution in [0.4, 0.5) is 0 Å². The highest BCUT2D eigenvalue weighted by atomic mass is 31.1. The molecule has 0 aliphatic rings. The molecule has 0 aliphatic heterocycles. The quantitative estimate of drug-likeness (QED) is 0.172. The number of rotatable bonds is 11. The standard InChI is InChI=1S/C35H42O2P2/c1-8-35(9-2,37-34-21-11-25(4)23-27(34)6)39-32-18-14-30(15-19-32)29-12-16-31(17-13-29)38-28(7)36-33-20-10-24(3)22-26(33)5/h10-23,28,38-39H,8-9H2,1-7H3. The van der Waals surface area contributed by atoms with Gasteiger partial charge in [-0.15, -0.1) is 0 Å². The van der Waals surface area contributed by atoms with Gasteiger partial charge in [-0.1, -0.05) is 97.8 Å². The molecule has 0 aromatic heterocycles. The zero-order valence-corrected chi connectivity index (χ0v) is 26.4. The molecule has 0 N–H and O–H groups in total. The van der Waals surface area contributed by atoms with Crippen LogP contribution >= 0.6 is 17.2 Å². The molecule has 0 heterocycles. The van der Waals surface area contributed by atoms with Gasteiger partial charge < -0.3 is 9.47 Å². The largest absolute Gasteiger partial charge is 0.486 e. The molecule has 0 spiro atoms. The molecule has 4 aromatic carbocycles. The van der Waals surface area contributed by atoms with E-state index in [4.69, 9.17) is 9.47 Å². The Bertz CT molecular complexity index is 1370. The molecule has 4 rings (SSSR count). The Labute approximate surface area is 239 Å². The fraction of sp³-hybridized carbons (Fsp3) is 0.314. The highest BCUT2D eigenvalue weighted by molar-refractivity contribution is 7.48. The van der Waals surface area contributed by atoms with E-state index in [9.17, 15) is 0 Å². The van der Waals surface area contributed by atoms with E-state index < -0.39 is 0 Å². The monoisotopic (exact) mass is 556 g/mol. The van der Waals surface area contributed by atoms with Crippen molar-refractivity contribution in [3.05, 3.63) is 107 Å². The van der Waals surface area contributed by atoms with Crippen molar-refractivity contribution in [3.8, 4) is 22.6 Å². The lowest BCUT2D eigenvalue weighted by Gasteiger charge is -2.33. The Morgan fingerprint density at radius 1 is 0.641 bits per heavy atom. The third-order valence-corrected chi connectivity index (χ3v) is 10.3. The minimum atomic E-state index is -0.181. The summed E-state index contributed by atoms with van der Waals surface area (Å²) in [6, 6.07) is 30.8. The zero-order chi connectivity index (χ0) is 28.0. The molecule has 0 fully saturated rings. The molecule has 0 saturated heterocycles. The summed E-state index contributed by atoms with van der Waals surface area (Å²) in [5.41, 5.74) is 7.41. The van der Waals surface area contributed by atoms with Crippen molar-refractivity contribution in [2.45, 2.75) is 72.5 Å². The molecule has 3 atom stereocenters. The molecule has 0 aliphatic carbocycles. The number of ether oxygens (including phenoxy) is 2. The lowest BCUT2D eigenvalue weighted by molar-refractivity contribution is 0.152. The van der Waals surface area contributed by atoms with E-state index >= 15 is 0 Å². The lowest BCUT2D eigenvalue weighted by Crippen LogP contribution is -2.31. The second kappa shape index (κ2) is 13.1. The van der Waals surface area contributed by atoms with E-state index in [0.717, 1.165) is 24.3 Å². The summed E-state index contributed by atoms with van der Waals surface area (Å²) in [5.74, 6) is 2.12. The minimum Gasteiger partial charge on any atom is -0.486 e. The fourth-order valence-electron chi connectivity index (χ4n) is 4.88. The molecule has 0 radical (unpaired) electrons. The van der Waals surface area contributed by atoms with Gasteiger partial charge in [0.15, 0.2) is 0 Å². The van der Waals surface area contributed by atoms with Crippen molar-refractivity contribution in [1.29, 1.82) is 0 Å². The van der Waals surface area contributed by atoms with Gasteiger partial charge in [-0.25, -0.2) is 0 Å². The van der Waals surface area contributed by atoms with E-state index in [1.807, 2.05) is 0 Å². The van der Waals surface area contributed by atoms with Crippen LogP contribution in [0.1, 0.15) is 55.9 Å². The van der Waals surface area contributed by atoms with Crippen LogP contribution < -0.4 is 20.1 Å². The third kappa shape index (κ3) is 7.72. The normalized spacial score (nSPS) is 12.9. The highest BCUT2D eigenvalue weighted by Crippen LogP contribution is 2.41. The second-order valence-electron chi connectivity index (χ2n) is 10.5. The molecule has 0 bridgehead atoms. The van der Waals surface area contributed by atoms with Gasteiger partial charge in [-0.3, -0.25) is 0 Å². The van der Waals surface area contributed by atoms with Crippen LogP contribution in [0.2, 0.25) is 0 Å². The smallest absolute Gasteiger partial charge is 0.128 e. The maximum Gasteiger partial charge on any atom is 0.128 e. The van der Waals surface area contributed by atoms with E-state index in [0.29, 0.717) is 17.2 Å². The van der Waals surface area contributed by atoms with Gasteiger partial charge in [-0.2, -0.15) is 0 Å². The van der Waals surface area contributed by atoms with Crippen molar-refractivity contribution < 1.29 is 9.47 Å². The minimum absolute atomic E-state index is 0.140. The Balaban J connectivity index is 1.40. The first-order valence-corrected chi connectivity index (χ1v) is 16.0. The summed E-state index contributed by atoms with van der Waals surface area (Å²) in [5, 5.41) is 2.47. The maximum atomic E-state index is 6.70. The van der Waals surface area contributed by atoms with Gasteiger partial charge >= 0.3 is 0 Å². The van der Waals surface area contributed by atoms with Gasteiger partial charge in [-0.05, 0) is 110 Å². The first-order chi connectivity index (χ1) is 18.7. The molecule has 39 heavy (non-hydrogen) atoms. The van der Waals surface area contributed by atoms with Crippen molar-refractivity contribution in [2.24, 2.45) is 0 Å². The van der Waals surface area contributed by atoms with Crippen LogP contribution in [-0.4, -0.2) is 11.2 Å². The molecular weight excluding hydrogens is 514 g/mol. The molecule has 4 heteroatoms. The number of benzene rings is 4. The van der Waals surface area contributed by atoms with Crippen LogP contribution in [0.25, 0.3) is 11.1 Å². The van der Waals surface area contributed by atoms with E-state index in [1.54, 1.807) is 0 Å². The molecule has 0 amide bonds. The van der Waals surface area contributed by atoms with Gasteiger partial charge in [0, 0.05) is 0 Å². The van der Waals surface area contributed by atoms with Crippen LogP contribution in [0, 0.1) is 27.7 Å². The van der Waals surface area contributed by atoms with E-state index in [2.05, 4.69) is 133 Å². The van der Waals surface area contributed by atoms with Gasteiger partial charge in [0.2, 0.25) is 0 Å². The van der Waals surface area contributed by atoms with Crippen LogP contribution in [0.15, 0.2) is 84.9 Å². The maximum absolute atomic E-state index is 6.70. The molecule has 204 valence electrons. The van der Waals surface area contributed by atoms with Crippen molar-refractivity contribution in [3.63, 3.8) is 0 Å². The van der Waals surface area contributed by atoms with Crippen LogP contribution in [-0.2, 0) is 0 Å². The third-order valence-electron chi connectivity index (χ3n) is 7.26. The zero-order valence-electron chi connectivity index (χ0n) is 24.4. The first-order valence-electron chi connectivity index (χ1n) is 14.0. The molecule has 3 unspecified atom stereocenters. The van der Waals surface area contributed by atoms with Crippen LogP contribution in [0.5, 0.6) is 11.5 Å². The fourth-order valence-corrected chi connectivity index (χ4v) is 7.26. The summed E-state index contributed by atoms with van der Waals surface area (Å²) in [4.78, 5) is 0. The number of hydrogen-bond donors (Lipinski definition) is 0. The summed E-state index contributed by atoms with van der Waals surface area (Å²) in [7, 11) is 1.18. The average molecular weight is 557 g/mol. The summed E-state index contributed by atoms with van der Waals surface area (Å²) >= 11 is 0. The van der Waals surface area contributed by atoms with E-state index in [-0.39, 0.29) is 11.2 Å². The molecule has 0 saturated carbocycles. The Morgan fingerprint density at radius 2 is 1.13 bits per heavy atom. The lowest BCUT2D eigenvalue weighted by atomic mass is 10.1. The van der Waals surface area contributed by atoms with Gasteiger partial charge in [0.25, 0.3) is 0 Å². The summed E-state index contributed by atoms with van der Waals surface area (Å²) in [6.07, 6.45) is 1.95.